The standard InChI is InChI=1S/C20H27N5O2/c1-14(2)18(26)25-11-17-6-8-24(10-16-5-4-7-21-9-16)12-20(17,13-25)19-22-15(3)23-27-19/h4-5,7,9,14,17H,6,8,10-13H2,1-3H3/t17-,20-/m0/s1. The van der Waals surface area contributed by atoms with Gasteiger partial charge in [0.25, 0.3) is 0 Å². The van der Waals surface area contributed by atoms with Crippen LogP contribution in [0, 0.1) is 18.8 Å². The number of aryl methyl sites for hydroxylation is 1. The Labute approximate surface area is 159 Å². The number of likely N-dealkylation sites (tertiary alicyclic amines) is 2. The molecule has 2 aliphatic heterocycles. The summed E-state index contributed by atoms with van der Waals surface area (Å²) >= 11 is 0. The smallest absolute Gasteiger partial charge is 0.236 e. The molecule has 2 aromatic heterocycles. The molecular formula is C20H27N5O2. The minimum absolute atomic E-state index is 0.00174. The maximum atomic E-state index is 12.7. The van der Waals surface area contributed by atoms with Crippen molar-refractivity contribution in [3.63, 3.8) is 0 Å². The van der Waals surface area contributed by atoms with Crippen LogP contribution in [0.1, 0.15) is 37.5 Å². The number of carbonyl (C=O) groups excluding carboxylic acids is 1. The molecule has 0 N–H and O–H groups in total. The number of piperidine rings is 1. The van der Waals surface area contributed by atoms with Gasteiger partial charge in [0.2, 0.25) is 11.8 Å². The number of hydrogen-bond acceptors (Lipinski definition) is 6. The van der Waals surface area contributed by atoms with E-state index in [1.807, 2.05) is 37.9 Å². The SMILES string of the molecule is Cc1noc([C@]23CN(Cc4cccnc4)CC[C@H]2CN(C(=O)C(C)C)C3)n1. The molecular weight excluding hydrogens is 342 g/mol. The first-order valence-electron chi connectivity index (χ1n) is 9.69. The molecule has 0 saturated carbocycles. The molecule has 27 heavy (non-hydrogen) atoms. The largest absolute Gasteiger partial charge is 0.341 e. The Kier molecular flexibility index (Phi) is 4.72. The summed E-state index contributed by atoms with van der Waals surface area (Å²) in [6.07, 6.45) is 4.73. The zero-order valence-corrected chi connectivity index (χ0v) is 16.3. The van der Waals surface area contributed by atoms with E-state index in [1.165, 1.54) is 5.56 Å². The van der Waals surface area contributed by atoms with Gasteiger partial charge in [-0.05, 0) is 37.4 Å². The number of carbonyl (C=O) groups is 1. The maximum Gasteiger partial charge on any atom is 0.236 e. The van der Waals surface area contributed by atoms with Gasteiger partial charge < -0.3 is 9.42 Å². The molecule has 0 spiro atoms. The van der Waals surface area contributed by atoms with Gasteiger partial charge in [0.1, 0.15) is 0 Å². The van der Waals surface area contributed by atoms with Crippen LogP contribution < -0.4 is 0 Å². The van der Waals surface area contributed by atoms with Crippen LogP contribution in [0.2, 0.25) is 0 Å². The molecule has 1 amide bonds. The molecule has 144 valence electrons. The van der Waals surface area contributed by atoms with Crippen molar-refractivity contribution in [1.29, 1.82) is 0 Å². The summed E-state index contributed by atoms with van der Waals surface area (Å²) in [7, 11) is 0. The van der Waals surface area contributed by atoms with Crippen molar-refractivity contribution in [3.05, 3.63) is 41.8 Å². The van der Waals surface area contributed by atoms with Crippen LogP contribution >= 0.6 is 0 Å². The number of fused-ring (bicyclic) bond motifs is 1. The molecule has 0 unspecified atom stereocenters. The minimum atomic E-state index is -0.285. The summed E-state index contributed by atoms with van der Waals surface area (Å²) in [5.74, 6) is 1.89. The van der Waals surface area contributed by atoms with Crippen LogP contribution in [-0.2, 0) is 16.8 Å². The lowest BCUT2D eigenvalue weighted by atomic mass is 9.73. The van der Waals surface area contributed by atoms with Crippen molar-refractivity contribution in [3.8, 4) is 0 Å². The van der Waals surface area contributed by atoms with Gasteiger partial charge >= 0.3 is 0 Å². The van der Waals surface area contributed by atoms with Crippen LogP contribution in [0.5, 0.6) is 0 Å². The number of aromatic nitrogens is 3. The summed E-state index contributed by atoms with van der Waals surface area (Å²) in [4.78, 5) is 25.9. The molecule has 7 nitrogen and oxygen atoms in total. The predicted octanol–water partition coefficient (Wildman–Crippen LogP) is 2.03. The van der Waals surface area contributed by atoms with Crippen molar-refractivity contribution < 1.29 is 9.32 Å². The molecule has 2 aromatic rings. The predicted molar refractivity (Wildman–Crippen MR) is 99.8 cm³/mol. The first kappa shape index (κ1) is 18.1. The molecule has 2 aliphatic rings. The number of amides is 1. The number of pyridine rings is 1. The zero-order valence-electron chi connectivity index (χ0n) is 16.3. The van der Waals surface area contributed by atoms with E-state index in [0.717, 1.165) is 32.6 Å². The Hall–Kier alpha value is -2.28. The van der Waals surface area contributed by atoms with Crippen molar-refractivity contribution in [2.24, 2.45) is 11.8 Å². The Balaban J connectivity index is 1.62. The number of hydrogen-bond donors (Lipinski definition) is 0. The highest BCUT2D eigenvalue weighted by Crippen LogP contribution is 2.44. The summed E-state index contributed by atoms with van der Waals surface area (Å²) in [6.45, 7) is 9.85. The van der Waals surface area contributed by atoms with E-state index in [2.05, 4.69) is 26.1 Å². The van der Waals surface area contributed by atoms with Crippen LogP contribution in [0.4, 0.5) is 0 Å². The van der Waals surface area contributed by atoms with Gasteiger partial charge in [-0.15, -0.1) is 0 Å². The second-order valence-corrected chi connectivity index (χ2v) is 8.23. The van der Waals surface area contributed by atoms with E-state index >= 15 is 0 Å². The second-order valence-electron chi connectivity index (χ2n) is 8.23. The molecule has 4 rings (SSSR count). The van der Waals surface area contributed by atoms with Crippen molar-refractivity contribution in [1.82, 2.24) is 24.9 Å². The third-order valence-electron chi connectivity index (χ3n) is 5.88. The second kappa shape index (κ2) is 7.03. The van der Waals surface area contributed by atoms with Crippen molar-refractivity contribution in [2.45, 2.75) is 39.2 Å². The fourth-order valence-electron chi connectivity index (χ4n) is 4.57. The third kappa shape index (κ3) is 3.36. The Morgan fingerprint density at radius 2 is 2.26 bits per heavy atom. The lowest BCUT2D eigenvalue weighted by molar-refractivity contribution is -0.133. The van der Waals surface area contributed by atoms with Crippen LogP contribution in [0.3, 0.4) is 0 Å². The van der Waals surface area contributed by atoms with Gasteiger partial charge in [-0.3, -0.25) is 14.7 Å². The Morgan fingerprint density at radius 1 is 1.41 bits per heavy atom. The molecule has 0 aliphatic carbocycles. The van der Waals surface area contributed by atoms with E-state index in [-0.39, 0.29) is 17.2 Å². The highest BCUT2D eigenvalue weighted by atomic mass is 16.5. The fraction of sp³-hybridized carbons (Fsp3) is 0.600. The summed E-state index contributed by atoms with van der Waals surface area (Å²) in [6, 6.07) is 4.07. The third-order valence-corrected chi connectivity index (χ3v) is 5.88. The summed E-state index contributed by atoms with van der Waals surface area (Å²) in [5.41, 5.74) is 0.910. The molecule has 2 fully saturated rings. The molecule has 4 heterocycles. The van der Waals surface area contributed by atoms with E-state index in [9.17, 15) is 4.79 Å². The van der Waals surface area contributed by atoms with Crippen LogP contribution in [-0.4, -0.2) is 57.0 Å². The van der Waals surface area contributed by atoms with Gasteiger partial charge in [0.15, 0.2) is 5.82 Å². The molecule has 0 aromatic carbocycles. The van der Waals surface area contributed by atoms with Gasteiger partial charge in [-0.25, -0.2) is 0 Å². The summed E-state index contributed by atoms with van der Waals surface area (Å²) in [5, 5.41) is 4.04. The average molecular weight is 369 g/mol. The molecule has 2 atom stereocenters. The van der Waals surface area contributed by atoms with E-state index in [0.29, 0.717) is 24.2 Å². The highest BCUT2D eigenvalue weighted by Gasteiger charge is 2.55. The fourth-order valence-corrected chi connectivity index (χ4v) is 4.57. The van der Waals surface area contributed by atoms with Gasteiger partial charge in [0.05, 0.1) is 5.41 Å². The molecule has 0 bridgehead atoms. The normalized spacial score (nSPS) is 25.8. The zero-order chi connectivity index (χ0) is 19.0. The van der Waals surface area contributed by atoms with Crippen LogP contribution in [0.25, 0.3) is 0 Å². The quantitative estimate of drug-likeness (QED) is 0.821. The number of rotatable bonds is 4. The van der Waals surface area contributed by atoms with E-state index in [4.69, 9.17) is 4.52 Å². The van der Waals surface area contributed by atoms with E-state index in [1.54, 1.807) is 6.20 Å². The van der Waals surface area contributed by atoms with Gasteiger partial charge in [-0.2, -0.15) is 4.98 Å². The number of nitrogens with zero attached hydrogens (tertiary/aromatic N) is 5. The monoisotopic (exact) mass is 369 g/mol. The Bertz CT molecular complexity index is 806. The Morgan fingerprint density at radius 3 is 2.93 bits per heavy atom. The van der Waals surface area contributed by atoms with E-state index < -0.39 is 0 Å². The van der Waals surface area contributed by atoms with Crippen molar-refractivity contribution >= 4 is 5.91 Å². The highest BCUT2D eigenvalue weighted by molar-refractivity contribution is 5.78. The van der Waals surface area contributed by atoms with Crippen molar-refractivity contribution in [2.75, 3.05) is 26.2 Å². The lowest BCUT2D eigenvalue weighted by Gasteiger charge is -2.41. The molecule has 0 radical (unpaired) electrons. The topological polar surface area (TPSA) is 75.4 Å². The van der Waals surface area contributed by atoms with Gasteiger partial charge in [-0.1, -0.05) is 25.1 Å². The summed E-state index contributed by atoms with van der Waals surface area (Å²) < 4.78 is 5.66. The maximum absolute atomic E-state index is 12.7. The first-order chi connectivity index (χ1) is 13.0. The van der Waals surface area contributed by atoms with Gasteiger partial charge in [0, 0.05) is 44.5 Å². The first-order valence-corrected chi connectivity index (χ1v) is 9.69. The lowest BCUT2D eigenvalue weighted by Crippen LogP contribution is -2.51. The average Bonchev–Trinajstić information content (AvgIpc) is 3.26. The molecule has 7 heteroatoms. The van der Waals surface area contributed by atoms with Crippen LogP contribution in [0.15, 0.2) is 29.0 Å². The molecule has 2 saturated heterocycles. The minimum Gasteiger partial charge on any atom is -0.341 e.